The zero-order valence-electron chi connectivity index (χ0n) is 14.0. The average Bonchev–Trinajstić information content (AvgIpc) is 2.29. The lowest BCUT2D eigenvalue weighted by molar-refractivity contribution is -0.840. The number of hydrogen-bond donors (Lipinski definition) is 1. The quantitative estimate of drug-likeness (QED) is 0.344. The van der Waals surface area contributed by atoms with Gasteiger partial charge in [-0.05, 0) is 12.8 Å². The maximum atomic E-state index is 11.3. The summed E-state index contributed by atoms with van der Waals surface area (Å²) in [6, 6.07) is 0. The number of aliphatic carboxylic acids is 1. The summed E-state index contributed by atoms with van der Waals surface area (Å²) in [5, 5.41) is 18.7. The molecule has 0 aliphatic carbocycles. The van der Waals surface area contributed by atoms with Crippen LogP contribution in [0.3, 0.4) is 0 Å². The van der Waals surface area contributed by atoms with Gasteiger partial charge in [-0.2, -0.15) is 0 Å². The lowest BCUT2D eigenvalue weighted by Gasteiger charge is -2.33. The molecule has 0 rings (SSSR count). The monoisotopic (exact) mass is 289 g/mol. The Bertz CT molecular complexity index is 208. The fourth-order valence-electron chi connectivity index (χ4n) is 1.98. The minimum Gasteiger partial charge on any atom is -0.633 e. The first kappa shape index (κ1) is 21.7. The van der Waals surface area contributed by atoms with Crippen LogP contribution in [0.1, 0.15) is 78.1 Å². The zero-order valence-corrected chi connectivity index (χ0v) is 14.0. The predicted octanol–water partition coefficient (Wildman–Crippen LogP) is 4.57. The highest BCUT2D eigenvalue weighted by Gasteiger charge is 2.00. The second kappa shape index (κ2) is 14.8. The van der Waals surface area contributed by atoms with E-state index in [-0.39, 0.29) is 4.65 Å². The van der Waals surface area contributed by atoms with Gasteiger partial charge < -0.3 is 15.0 Å². The third-order valence-electron chi connectivity index (χ3n) is 3.05. The molecule has 0 atom stereocenters. The van der Waals surface area contributed by atoms with Crippen molar-refractivity contribution < 1.29 is 14.5 Å². The van der Waals surface area contributed by atoms with Crippen LogP contribution in [0, 0.1) is 5.21 Å². The highest BCUT2D eigenvalue weighted by atomic mass is 16.5. The lowest BCUT2D eigenvalue weighted by atomic mass is 10.1. The first-order chi connectivity index (χ1) is 9.29. The molecular formula is C16H35NO3. The largest absolute Gasteiger partial charge is 0.633 e. The molecule has 0 amide bonds. The van der Waals surface area contributed by atoms with Crippen LogP contribution in [0.15, 0.2) is 0 Å². The van der Waals surface area contributed by atoms with Crippen LogP contribution in [0.2, 0.25) is 0 Å². The van der Waals surface area contributed by atoms with Gasteiger partial charge in [-0.3, -0.25) is 4.79 Å². The van der Waals surface area contributed by atoms with Gasteiger partial charge in [0, 0.05) is 6.92 Å². The molecule has 0 bridgehead atoms. The first-order valence-electron chi connectivity index (χ1n) is 8.03. The molecule has 0 radical (unpaired) electrons. The number of quaternary nitrogens is 1. The highest BCUT2D eigenvalue weighted by Crippen LogP contribution is 2.11. The second-order valence-electron chi connectivity index (χ2n) is 6.00. The molecule has 0 saturated heterocycles. The molecule has 0 fully saturated rings. The van der Waals surface area contributed by atoms with Crippen molar-refractivity contribution in [1.29, 1.82) is 0 Å². The second-order valence-corrected chi connectivity index (χ2v) is 6.00. The maximum Gasteiger partial charge on any atom is 0.300 e. The number of carboxylic acids is 1. The smallest absolute Gasteiger partial charge is 0.300 e. The Labute approximate surface area is 125 Å². The Morgan fingerprint density at radius 2 is 1.20 bits per heavy atom. The van der Waals surface area contributed by atoms with Crippen LogP contribution in [0.25, 0.3) is 0 Å². The summed E-state index contributed by atoms with van der Waals surface area (Å²) in [5.74, 6) is -0.833. The van der Waals surface area contributed by atoms with E-state index in [2.05, 4.69) is 6.92 Å². The molecule has 0 saturated carbocycles. The van der Waals surface area contributed by atoms with Gasteiger partial charge in [0.15, 0.2) is 0 Å². The molecule has 0 aromatic heterocycles. The van der Waals surface area contributed by atoms with E-state index >= 15 is 0 Å². The molecule has 0 aliphatic heterocycles. The average molecular weight is 289 g/mol. The molecule has 0 aliphatic rings. The molecule has 0 aromatic carbocycles. The van der Waals surface area contributed by atoms with Gasteiger partial charge in [0.25, 0.3) is 5.97 Å². The molecule has 4 nitrogen and oxygen atoms in total. The third-order valence-corrected chi connectivity index (χ3v) is 3.05. The van der Waals surface area contributed by atoms with Gasteiger partial charge in [-0.25, -0.2) is 0 Å². The summed E-state index contributed by atoms with van der Waals surface area (Å²) in [6.45, 7) is 4.12. The minimum atomic E-state index is -0.833. The standard InChI is InChI=1S/C14H31NO.C2H4O2/c1-4-5-6-7-8-9-10-11-12-13-14-15(2,3)16;1-2(3)4/h4-14H2,1-3H3;1H3,(H,3,4). The number of carboxylic acid groups (broad SMARTS) is 1. The van der Waals surface area contributed by atoms with E-state index in [1.54, 1.807) is 14.1 Å². The molecular weight excluding hydrogens is 254 g/mol. The summed E-state index contributed by atoms with van der Waals surface area (Å²) >= 11 is 0. The van der Waals surface area contributed by atoms with Crippen LogP contribution >= 0.6 is 0 Å². The number of nitrogens with zero attached hydrogens (tertiary/aromatic N) is 1. The van der Waals surface area contributed by atoms with Crippen LogP contribution in [-0.2, 0) is 4.79 Å². The number of rotatable bonds is 11. The molecule has 0 heterocycles. The van der Waals surface area contributed by atoms with Crippen molar-refractivity contribution in [3.05, 3.63) is 5.21 Å². The third kappa shape index (κ3) is 30.4. The van der Waals surface area contributed by atoms with Crippen molar-refractivity contribution in [2.75, 3.05) is 20.6 Å². The Kier molecular flexibility index (Phi) is 16.0. The van der Waals surface area contributed by atoms with E-state index < -0.39 is 5.97 Å². The molecule has 4 heteroatoms. The first-order valence-corrected chi connectivity index (χ1v) is 8.03. The van der Waals surface area contributed by atoms with Gasteiger partial charge in [0.05, 0.1) is 20.6 Å². The predicted molar refractivity (Wildman–Crippen MR) is 85.5 cm³/mol. The summed E-state index contributed by atoms with van der Waals surface area (Å²) in [7, 11) is 3.46. The zero-order chi connectivity index (χ0) is 15.9. The molecule has 0 unspecified atom stereocenters. The fourth-order valence-corrected chi connectivity index (χ4v) is 1.98. The van der Waals surface area contributed by atoms with Crippen LogP contribution in [0.4, 0.5) is 0 Å². The van der Waals surface area contributed by atoms with Gasteiger partial charge in [0.1, 0.15) is 0 Å². The number of carbonyl (C=O) groups is 1. The Balaban J connectivity index is 0. The topological polar surface area (TPSA) is 60.4 Å². The SMILES string of the molecule is CC(=O)O.CCCCCCCCCCCC[N+](C)(C)[O-]. The maximum absolute atomic E-state index is 11.3. The summed E-state index contributed by atoms with van der Waals surface area (Å²) in [6.07, 6.45) is 13.4. The Morgan fingerprint density at radius 3 is 1.50 bits per heavy atom. The van der Waals surface area contributed by atoms with Crippen molar-refractivity contribution in [3.8, 4) is 0 Å². The van der Waals surface area contributed by atoms with Crippen molar-refractivity contribution in [1.82, 2.24) is 0 Å². The summed E-state index contributed by atoms with van der Waals surface area (Å²) in [4.78, 5) is 9.00. The molecule has 20 heavy (non-hydrogen) atoms. The van der Waals surface area contributed by atoms with Crippen molar-refractivity contribution in [2.24, 2.45) is 0 Å². The molecule has 122 valence electrons. The number of unbranched alkanes of at least 4 members (excludes halogenated alkanes) is 9. The molecule has 0 aromatic rings. The highest BCUT2D eigenvalue weighted by molar-refractivity contribution is 5.62. The Morgan fingerprint density at radius 1 is 0.900 bits per heavy atom. The fraction of sp³-hybridized carbons (Fsp3) is 0.938. The van der Waals surface area contributed by atoms with E-state index in [1.807, 2.05) is 0 Å². The van der Waals surface area contributed by atoms with Crippen LogP contribution in [-0.4, -0.2) is 36.4 Å². The van der Waals surface area contributed by atoms with Crippen molar-refractivity contribution in [2.45, 2.75) is 78.1 Å². The normalized spacial score (nSPS) is 10.8. The summed E-state index contributed by atoms with van der Waals surface area (Å²) < 4.78 is -0.128. The number of hydroxylamine groups is 3. The van der Waals surface area contributed by atoms with Crippen LogP contribution in [0.5, 0.6) is 0 Å². The van der Waals surface area contributed by atoms with Gasteiger partial charge in [0.2, 0.25) is 0 Å². The molecule has 0 spiro atoms. The Hall–Kier alpha value is -0.610. The lowest BCUT2D eigenvalue weighted by Crippen LogP contribution is -2.32. The van der Waals surface area contributed by atoms with Crippen molar-refractivity contribution >= 4 is 5.97 Å². The van der Waals surface area contributed by atoms with Gasteiger partial charge in [-0.1, -0.05) is 58.3 Å². The van der Waals surface area contributed by atoms with E-state index in [0.29, 0.717) is 0 Å². The van der Waals surface area contributed by atoms with E-state index in [1.165, 1.54) is 57.8 Å². The minimum absolute atomic E-state index is 0.128. The summed E-state index contributed by atoms with van der Waals surface area (Å²) in [5.41, 5.74) is 0. The number of hydrogen-bond acceptors (Lipinski definition) is 2. The van der Waals surface area contributed by atoms with E-state index in [4.69, 9.17) is 9.90 Å². The van der Waals surface area contributed by atoms with Gasteiger partial charge in [-0.15, -0.1) is 0 Å². The van der Waals surface area contributed by atoms with Gasteiger partial charge >= 0.3 is 0 Å². The van der Waals surface area contributed by atoms with Crippen molar-refractivity contribution in [3.63, 3.8) is 0 Å². The molecule has 1 N–H and O–H groups in total. The van der Waals surface area contributed by atoms with E-state index in [9.17, 15) is 5.21 Å². The van der Waals surface area contributed by atoms with E-state index in [0.717, 1.165) is 19.9 Å². The van der Waals surface area contributed by atoms with Crippen LogP contribution < -0.4 is 0 Å².